The van der Waals surface area contributed by atoms with Crippen molar-refractivity contribution in [3.63, 3.8) is 0 Å². The molecule has 1 aliphatic heterocycles. The van der Waals surface area contributed by atoms with E-state index in [-0.39, 0.29) is 5.91 Å². The van der Waals surface area contributed by atoms with Crippen molar-refractivity contribution in [1.29, 1.82) is 0 Å². The average Bonchev–Trinajstić information content (AvgIpc) is 3.10. The fraction of sp³-hybridized carbons (Fsp3) is 0.150. The van der Waals surface area contributed by atoms with Gasteiger partial charge in [0, 0.05) is 16.4 Å². The summed E-state index contributed by atoms with van der Waals surface area (Å²) >= 11 is 6.20. The highest BCUT2D eigenvalue weighted by Crippen LogP contribution is 2.36. The Morgan fingerprint density at radius 1 is 1.19 bits per heavy atom. The quantitative estimate of drug-likeness (QED) is 0.716. The molecule has 2 N–H and O–H groups in total. The Labute approximate surface area is 161 Å². The SMILES string of the molecule is CC1=C(C(=O)Nc2ccccc2C)[C@@H](c2cccc(Cl)c2)n2ncnc2N1. The first-order chi connectivity index (χ1) is 13.0. The monoisotopic (exact) mass is 379 g/mol. The van der Waals surface area contributed by atoms with Crippen LogP contribution in [0.15, 0.2) is 66.1 Å². The maximum Gasteiger partial charge on any atom is 0.255 e. The largest absolute Gasteiger partial charge is 0.328 e. The topological polar surface area (TPSA) is 71.8 Å². The molecule has 0 aliphatic carbocycles. The Bertz CT molecular complexity index is 1060. The number of aromatic nitrogens is 3. The van der Waals surface area contributed by atoms with Gasteiger partial charge in [-0.25, -0.2) is 4.68 Å². The van der Waals surface area contributed by atoms with E-state index in [0.717, 1.165) is 22.5 Å². The predicted octanol–water partition coefficient (Wildman–Crippen LogP) is 4.17. The second-order valence-electron chi connectivity index (χ2n) is 6.42. The van der Waals surface area contributed by atoms with Crippen LogP contribution in [0.5, 0.6) is 0 Å². The molecular weight excluding hydrogens is 362 g/mol. The molecule has 1 atom stereocenters. The summed E-state index contributed by atoms with van der Waals surface area (Å²) < 4.78 is 1.70. The normalized spacial score (nSPS) is 15.9. The van der Waals surface area contributed by atoms with E-state index in [1.807, 2.05) is 56.3 Å². The van der Waals surface area contributed by atoms with Crippen molar-refractivity contribution in [2.45, 2.75) is 19.9 Å². The molecule has 4 rings (SSSR count). The number of hydrogen-bond acceptors (Lipinski definition) is 4. The molecule has 2 aromatic carbocycles. The van der Waals surface area contributed by atoms with Crippen LogP contribution in [0, 0.1) is 6.92 Å². The number of allylic oxidation sites excluding steroid dienone is 1. The molecule has 0 radical (unpaired) electrons. The summed E-state index contributed by atoms with van der Waals surface area (Å²) in [5.74, 6) is 0.394. The average molecular weight is 380 g/mol. The maximum atomic E-state index is 13.2. The fourth-order valence-electron chi connectivity index (χ4n) is 3.27. The Morgan fingerprint density at radius 3 is 2.78 bits per heavy atom. The molecule has 7 heteroatoms. The van der Waals surface area contributed by atoms with Gasteiger partial charge in [-0.3, -0.25) is 4.79 Å². The van der Waals surface area contributed by atoms with E-state index in [4.69, 9.17) is 11.6 Å². The third kappa shape index (κ3) is 3.19. The third-order valence-corrected chi connectivity index (χ3v) is 4.83. The number of carbonyl (C=O) groups is 1. The Kier molecular flexibility index (Phi) is 4.41. The number of nitrogens with one attached hydrogen (secondary N) is 2. The number of hydrogen-bond donors (Lipinski definition) is 2. The molecule has 0 unspecified atom stereocenters. The number of amides is 1. The first-order valence-corrected chi connectivity index (χ1v) is 8.92. The Balaban J connectivity index is 1.79. The summed E-state index contributed by atoms with van der Waals surface area (Å²) in [5, 5.41) is 11.1. The number of carbonyl (C=O) groups excluding carboxylic acids is 1. The number of halogens is 1. The van der Waals surface area contributed by atoms with Crippen LogP contribution in [-0.2, 0) is 4.79 Å². The van der Waals surface area contributed by atoms with Gasteiger partial charge in [0.2, 0.25) is 5.95 Å². The van der Waals surface area contributed by atoms with Gasteiger partial charge in [0.1, 0.15) is 12.4 Å². The zero-order valence-electron chi connectivity index (χ0n) is 14.9. The van der Waals surface area contributed by atoms with E-state index in [2.05, 4.69) is 20.7 Å². The van der Waals surface area contributed by atoms with Crippen LogP contribution >= 0.6 is 11.6 Å². The van der Waals surface area contributed by atoms with Crippen molar-refractivity contribution in [2.24, 2.45) is 0 Å². The number of benzene rings is 2. The number of para-hydroxylation sites is 1. The van der Waals surface area contributed by atoms with Gasteiger partial charge in [0.05, 0.1) is 5.57 Å². The lowest BCUT2D eigenvalue weighted by Gasteiger charge is -2.29. The van der Waals surface area contributed by atoms with Gasteiger partial charge in [-0.15, -0.1) is 0 Å². The van der Waals surface area contributed by atoms with Crippen LogP contribution in [-0.4, -0.2) is 20.7 Å². The zero-order chi connectivity index (χ0) is 19.0. The van der Waals surface area contributed by atoms with E-state index in [0.29, 0.717) is 16.5 Å². The Hall–Kier alpha value is -3.12. The lowest BCUT2D eigenvalue weighted by molar-refractivity contribution is -0.113. The van der Waals surface area contributed by atoms with Crippen molar-refractivity contribution < 1.29 is 4.79 Å². The zero-order valence-corrected chi connectivity index (χ0v) is 15.7. The molecule has 27 heavy (non-hydrogen) atoms. The van der Waals surface area contributed by atoms with Gasteiger partial charge in [-0.1, -0.05) is 41.9 Å². The lowest BCUT2D eigenvalue weighted by Crippen LogP contribution is -2.31. The minimum atomic E-state index is -0.425. The van der Waals surface area contributed by atoms with Crippen LogP contribution < -0.4 is 10.6 Å². The molecule has 0 bridgehead atoms. The number of rotatable bonds is 3. The van der Waals surface area contributed by atoms with Crippen molar-refractivity contribution in [2.75, 3.05) is 10.6 Å². The maximum absolute atomic E-state index is 13.2. The standard InChI is InChI=1S/C20H18ClN5O/c1-12-6-3-4-9-16(12)25-19(27)17-13(2)24-20-22-11-23-26(20)18(17)14-7-5-8-15(21)10-14/h3-11,18H,1-2H3,(H,25,27)(H,22,23,24)/t18-/m1/s1. The summed E-state index contributed by atoms with van der Waals surface area (Å²) in [6.07, 6.45) is 1.47. The summed E-state index contributed by atoms with van der Waals surface area (Å²) in [6.45, 7) is 3.82. The molecular formula is C20H18ClN5O. The van der Waals surface area contributed by atoms with E-state index in [1.165, 1.54) is 6.33 Å². The minimum absolute atomic E-state index is 0.194. The Morgan fingerprint density at radius 2 is 2.00 bits per heavy atom. The molecule has 136 valence electrons. The highest BCUT2D eigenvalue weighted by molar-refractivity contribution is 6.30. The smallest absolute Gasteiger partial charge is 0.255 e. The summed E-state index contributed by atoms with van der Waals surface area (Å²) in [7, 11) is 0. The molecule has 0 saturated heterocycles. The molecule has 3 aromatic rings. The van der Waals surface area contributed by atoms with E-state index in [9.17, 15) is 4.79 Å². The lowest BCUT2D eigenvalue weighted by atomic mass is 9.95. The van der Waals surface area contributed by atoms with Crippen LogP contribution in [0.1, 0.15) is 24.1 Å². The van der Waals surface area contributed by atoms with Crippen LogP contribution in [0.25, 0.3) is 0 Å². The van der Waals surface area contributed by atoms with Gasteiger partial charge in [-0.05, 0) is 43.2 Å². The molecule has 6 nitrogen and oxygen atoms in total. The van der Waals surface area contributed by atoms with Crippen molar-refractivity contribution in [1.82, 2.24) is 14.8 Å². The van der Waals surface area contributed by atoms with Crippen molar-refractivity contribution in [3.8, 4) is 0 Å². The molecule has 0 spiro atoms. The summed E-state index contributed by atoms with van der Waals surface area (Å²) in [4.78, 5) is 17.5. The minimum Gasteiger partial charge on any atom is -0.328 e. The summed E-state index contributed by atoms with van der Waals surface area (Å²) in [5.41, 5.74) is 3.93. The number of nitrogens with zero attached hydrogens (tertiary/aromatic N) is 3. The highest BCUT2D eigenvalue weighted by atomic mass is 35.5. The van der Waals surface area contributed by atoms with Crippen LogP contribution in [0.4, 0.5) is 11.6 Å². The van der Waals surface area contributed by atoms with E-state index >= 15 is 0 Å². The second kappa shape index (κ2) is 6.89. The van der Waals surface area contributed by atoms with Gasteiger partial charge in [0.25, 0.3) is 5.91 Å². The first kappa shape index (κ1) is 17.3. The molecule has 1 aromatic heterocycles. The number of fused-ring (bicyclic) bond motifs is 1. The van der Waals surface area contributed by atoms with Crippen molar-refractivity contribution in [3.05, 3.63) is 82.3 Å². The van der Waals surface area contributed by atoms with Gasteiger partial charge >= 0.3 is 0 Å². The van der Waals surface area contributed by atoms with Gasteiger partial charge in [0.15, 0.2) is 0 Å². The summed E-state index contributed by atoms with van der Waals surface area (Å²) in [6, 6.07) is 14.7. The van der Waals surface area contributed by atoms with Gasteiger partial charge < -0.3 is 10.6 Å². The van der Waals surface area contributed by atoms with Crippen LogP contribution in [0.2, 0.25) is 5.02 Å². The van der Waals surface area contributed by atoms with E-state index in [1.54, 1.807) is 10.7 Å². The van der Waals surface area contributed by atoms with Crippen molar-refractivity contribution >= 4 is 29.1 Å². The molecule has 0 fully saturated rings. The molecule has 1 amide bonds. The first-order valence-electron chi connectivity index (χ1n) is 8.54. The highest BCUT2D eigenvalue weighted by Gasteiger charge is 2.33. The third-order valence-electron chi connectivity index (χ3n) is 4.60. The molecule has 2 heterocycles. The number of anilines is 2. The second-order valence-corrected chi connectivity index (χ2v) is 6.85. The van der Waals surface area contributed by atoms with E-state index < -0.39 is 6.04 Å². The fourth-order valence-corrected chi connectivity index (χ4v) is 3.47. The van der Waals surface area contributed by atoms with Crippen LogP contribution in [0.3, 0.4) is 0 Å². The molecule has 1 aliphatic rings. The van der Waals surface area contributed by atoms with Gasteiger partial charge in [-0.2, -0.15) is 10.1 Å². The predicted molar refractivity (Wildman–Crippen MR) is 106 cm³/mol. The number of aryl methyl sites for hydroxylation is 1. The molecule has 0 saturated carbocycles.